The van der Waals surface area contributed by atoms with E-state index in [1.165, 1.54) is 11.1 Å². The van der Waals surface area contributed by atoms with Gasteiger partial charge >= 0.3 is 0 Å². The first-order valence-corrected chi connectivity index (χ1v) is 8.71. The Hall–Kier alpha value is -0.840. The highest BCUT2D eigenvalue weighted by molar-refractivity contribution is 9.10. The van der Waals surface area contributed by atoms with Crippen molar-refractivity contribution >= 4 is 31.9 Å². The summed E-state index contributed by atoms with van der Waals surface area (Å²) >= 11 is 7.09. The average Bonchev–Trinajstić information content (AvgIpc) is 2.48. The lowest BCUT2D eigenvalue weighted by molar-refractivity contribution is 0.152. The summed E-state index contributed by atoms with van der Waals surface area (Å²) in [6.45, 7) is 3.09. The van der Waals surface area contributed by atoms with Gasteiger partial charge in [0.2, 0.25) is 0 Å². The molecule has 21 heavy (non-hydrogen) atoms. The summed E-state index contributed by atoms with van der Waals surface area (Å²) in [5, 5.41) is 3.57. The van der Waals surface area contributed by atoms with Crippen molar-refractivity contribution in [3.05, 3.63) is 62.5 Å². The fourth-order valence-electron chi connectivity index (χ4n) is 2.79. The third-order valence-electron chi connectivity index (χ3n) is 3.74. The Morgan fingerprint density at radius 1 is 1.14 bits per heavy atom. The van der Waals surface area contributed by atoms with Gasteiger partial charge in [0.1, 0.15) is 11.9 Å². The Morgan fingerprint density at radius 3 is 2.71 bits per heavy atom. The second-order valence-corrected chi connectivity index (χ2v) is 7.02. The number of hydrogen-bond donors (Lipinski definition) is 1. The highest BCUT2D eigenvalue weighted by Crippen LogP contribution is 2.42. The number of benzene rings is 2. The Bertz CT molecular complexity index is 644. The summed E-state index contributed by atoms with van der Waals surface area (Å²) in [5.41, 5.74) is 2.44. The molecule has 2 atom stereocenters. The van der Waals surface area contributed by atoms with Gasteiger partial charge in [-0.05, 0) is 42.4 Å². The van der Waals surface area contributed by atoms with Gasteiger partial charge in [0.05, 0.1) is 0 Å². The van der Waals surface area contributed by atoms with Gasteiger partial charge in [0, 0.05) is 27.0 Å². The number of nitrogens with one attached hydrogen (secondary N) is 1. The van der Waals surface area contributed by atoms with Crippen LogP contribution in [0.1, 0.15) is 36.6 Å². The second-order valence-electron chi connectivity index (χ2n) is 5.19. The Balaban J connectivity index is 1.95. The first kappa shape index (κ1) is 15.1. The van der Waals surface area contributed by atoms with Crippen LogP contribution in [0.25, 0.3) is 0 Å². The van der Waals surface area contributed by atoms with Gasteiger partial charge in [0.25, 0.3) is 0 Å². The van der Waals surface area contributed by atoms with E-state index in [-0.39, 0.29) is 6.10 Å². The van der Waals surface area contributed by atoms with E-state index in [9.17, 15) is 0 Å². The normalized spacial score (nSPS) is 20.7. The minimum Gasteiger partial charge on any atom is -0.485 e. The Labute approximate surface area is 142 Å². The maximum Gasteiger partial charge on any atom is 0.126 e. The molecule has 0 radical (unpaired) electrons. The number of rotatable bonds is 3. The van der Waals surface area contributed by atoms with Gasteiger partial charge in [-0.15, -0.1) is 0 Å². The van der Waals surface area contributed by atoms with Gasteiger partial charge in [-0.3, -0.25) is 0 Å². The molecule has 110 valence electrons. The molecule has 0 saturated heterocycles. The summed E-state index contributed by atoms with van der Waals surface area (Å²) in [4.78, 5) is 0. The maximum absolute atomic E-state index is 6.22. The fourth-order valence-corrected chi connectivity index (χ4v) is 3.59. The van der Waals surface area contributed by atoms with Gasteiger partial charge in [-0.25, -0.2) is 0 Å². The van der Waals surface area contributed by atoms with Crippen molar-refractivity contribution in [1.29, 1.82) is 0 Å². The molecule has 0 fully saturated rings. The summed E-state index contributed by atoms with van der Waals surface area (Å²) in [5.74, 6) is 0.973. The predicted octanol–water partition coefficient (Wildman–Crippen LogP) is 5.39. The molecule has 2 nitrogen and oxygen atoms in total. The molecule has 0 spiro atoms. The molecule has 0 bridgehead atoms. The zero-order valence-corrected chi connectivity index (χ0v) is 14.9. The second kappa shape index (κ2) is 6.51. The van der Waals surface area contributed by atoms with Gasteiger partial charge < -0.3 is 10.1 Å². The third-order valence-corrected chi connectivity index (χ3v) is 4.72. The minimum absolute atomic E-state index is 0.0835. The lowest BCUT2D eigenvalue weighted by atomic mass is 9.93. The minimum atomic E-state index is 0.0835. The first-order chi connectivity index (χ1) is 10.2. The van der Waals surface area contributed by atoms with Gasteiger partial charge in [-0.2, -0.15) is 0 Å². The highest BCUT2D eigenvalue weighted by Gasteiger charge is 2.29. The summed E-state index contributed by atoms with van der Waals surface area (Å²) < 4.78 is 8.40. The van der Waals surface area contributed by atoms with E-state index in [1.807, 2.05) is 18.2 Å². The maximum atomic E-state index is 6.22. The van der Waals surface area contributed by atoms with Crippen molar-refractivity contribution in [3.8, 4) is 5.75 Å². The highest BCUT2D eigenvalue weighted by atomic mass is 79.9. The molecule has 2 unspecified atom stereocenters. The van der Waals surface area contributed by atoms with Crippen LogP contribution in [0.15, 0.2) is 51.4 Å². The SMILES string of the molecule is CCNC1CC(c2cccc(Br)c2)Oc2ccc(Br)cc21. The van der Waals surface area contributed by atoms with Crippen molar-refractivity contribution in [2.24, 2.45) is 0 Å². The molecule has 0 amide bonds. The van der Waals surface area contributed by atoms with Crippen LogP contribution >= 0.6 is 31.9 Å². The molecular formula is C17H17Br2NO. The molecule has 3 rings (SSSR count). The van der Waals surface area contributed by atoms with Crippen LogP contribution in [-0.2, 0) is 0 Å². The van der Waals surface area contributed by atoms with Crippen molar-refractivity contribution in [1.82, 2.24) is 5.32 Å². The van der Waals surface area contributed by atoms with Crippen LogP contribution in [0.2, 0.25) is 0 Å². The molecule has 0 aliphatic carbocycles. The van der Waals surface area contributed by atoms with Gasteiger partial charge in [0.15, 0.2) is 0 Å². The lowest BCUT2D eigenvalue weighted by Crippen LogP contribution is -2.29. The molecule has 1 aliphatic heterocycles. The van der Waals surface area contributed by atoms with Crippen LogP contribution in [0.5, 0.6) is 5.75 Å². The van der Waals surface area contributed by atoms with E-state index < -0.39 is 0 Å². The standard InChI is InChI=1S/C17H17Br2NO/c1-2-20-15-10-17(11-4-3-5-12(18)8-11)21-16-7-6-13(19)9-14(15)16/h3-9,15,17,20H,2,10H2,1H3. The van der Waals surface area contributed by atoms with Crippen LogP contribution < -0.4 is 10.1 Å². The van der Waals surface area contributed by atoms with Crippen molar-refractivity contribution in [3.63, 3.8) is 0 Å². The third kappa shape index (κ3) is 3.33. The van der Waals surface area contributed by atoms with Crippen molar-refractivity contribution in [2.45, 2.75) is 25.5 Å². The number of halogens is 2. The number of hydrogen-bond acceptors (Lipinski definition) is 2. The van der Waals surface area contributed by atoms with Crippen molar-refractivity contribution < 1.29 is 4.74 Å². The summed E-state index contributed by atoms with van der Waals surface area (Å²) in [7, 11) is 0. The van der Waals surface area contributed by atoms with E-state index >= 15 is 0 Å². The Morgan fingerprint density at radius 2 is 1.95 bits per heavy atom. The molecule has 4 heteroatoms. The number of fused-ring (bicyclic) bond motifs is 1. The van der Waals surface area contributed by atoms with E-state index in [1.54, 1.807) is 0 Å². The van der Waals surface area contributed by atoms with Crippen LogP contribution in [0.3, 0.4) is 0 Å². The summed E-state index contributed by atoms with van der Waals surface area (Å²) in [6.07, 6.45) is 1.02. The van der Waals surface area contributed by atoms with Gasteiger partial charge in [-0.1, -0.05) is 50.9 Å². The zero-order chi connectivity index (χ0) is 14.8. The monoisotopic (exact) mass is 409 g/mol. The van der Waals surface area contributed by atoms with E-state index in [4.69, 9.17) is 4.74 Å². The zero-order valence-electron chi connectivity index (χ0n) is 11.8. The van der Waals surface area contributed by atoms with Crippen molar-refractivity contribution in [2.75, 3.05) is 6.54 Å². The first-order valence-electron chi connectivity index (χ1n) is 7.12. The molecule has 0 aromatic heterocycles. The van der Waals surface area contributed by atoms with E-state index in [2.05, 4.69) is 68.4 Å². The molecule has 0 saturated carbocycles. The fraction of sp³-hybridized carbons (Fsp3) is 0.294. The number of ether oxygens (including phenoxy) is 1. The van der Waals surface area contributed by atoms with Crippen LogP contribution in [-0.4, -0.2) is 6.54 Å². The smallest absolute Gasteiger partial charge is 0.126 e. The molecule has 2 aromatic rings. The predicted molar refractivity (Wildman–Crippen MR) is 92.7 cm³/mol. The van der Waals surface area contributed by atoms with Crippen LogP contribution in [0, 0.1) is 0 Å². The molecule has 2 aromatic carbocycles. The quantitative estimate of drug-likeness (QED) is 0.732. The molecular weight excluding hydrogens is 394 g/mol. The summed E-state index contributed by atoms with van der Waals surface area (Å²) in [6, 6.07) is 14.9. The largest absolute Gasteiger partial charge is 0.485 e. The average molecular weight is 411 g/mol. The van der Waals surface area contributed by atoms with E-state index in [0.717, 1.165) is 27.7 Å². The molecule has 1 heterocycles. The molecule has 1 N–H and O–H groups in total. The Kier molecular flexibility index (Phi) is 4.67. The van der Waals surface area contributed by atoms with E-state index in [0.29, 0.717) is 6.04 Å². The topological polar surface area (TPSA) is 21.3 Å². The lowest BCUT2D eigenvalue weighted by Gasteiger charge is -2.33. The molecule has 1 aliphatic rings. The van der Waals surface area contributed by atoms with Crippen LogP contribution in [0.4, 0.5) is 0 Å².